The molecule has 0 bridgehead atoms. The van der Waals surface area contributed by atoms with Gasteiger partial charge in [0, 0.05) is 22.1 Å². The zero-order chi connectivity index (χ0) is 14.5. The maximum Gasteiger partial charge on any atom is 0.232 e. The molecule has 0 aromatic heterocycles. The molecule has 1 atom stereocenters. The van der Waals surface area contributed by atoms with E-state index < -0.39 is 5.41 Å². The van der Waals surface area contributed by atoms with Crippen LogP contribution in [0.25, 0.3) is 10.8 Å². The first-order valence-corrected chi connectivity index (χ1v) is 7.90. The first kappa shape index (κ1) is 13.9. The summed E-state index contributed by atoms with van der Waals surface area (Å²) in [6, 6.07) is 11.5. The lowest BCUT2D eigenvalue weighted by molar-refractivity contribution is -0.120. The summed E-state index contributed by atoms with van der Waals surface area (Å²) in [4.78, 5) is 12.4. The number of anilines is 2. The van der Waals surface area contributed by atoms with E-state index in [1.807, 2.05) is 43.3 Å². The van der Waals surface area contributed by atoms with Crippen LogP contribution in [0.1, 0.15) is 13.3 Å². The Hall–Kier alpha value is -1.07. The molecule has 2 aromatic rings. The summed E-state index contributed by atoms with van der Waals surface area (Å²) in [6.45, 7) is 1.94. The molecule has 1 fully saturated rings. The molecule has 0 spiro atoms. The van der Waals surface area contributed by atoms with Crippen LogP contribution >= 0.6 is 31.9 Å². The minimum absolute atomic E-state index is 0.00109. The van der Waals surface area contributed by atoms with Crippen molar-refractivity contribution in [3.05, 3.63) is 36.4 Å². The van der Waals surface area contributed by atoms with Gasteiger partial charge in [0.1, 0.15) is 0 Å². The Labute approximate surface area is 134 Å². The van der Waals surface area contributed by atoms with Crippen molar-refractivity contribution in [2.75, 3.05) is 11.1 Å². The van der Waals surface area contributed by atoms with Crippen molar-refractivity contribution in [1.82, 2.24) is 0 Å². The lowest BCUT2D eigenvalue weighted by Crippen LogP contribution is -2.25. The standard InChI is InChI=1S/C15H14Br2N2O/c1-14(8-15(14,16)17)13(20)19-12-7-3-4-9-10(12)5-2-6-11(9)18/h2-7H,8,18H2,1H3,(H,19,20)/t14-/m1/s1. The summed E-state index contributed by atoms with van der Waals surface area (Å²) in [5.41, 5.74) is 7.04. The van der Waals surface area contributed by atoms with E-state index in [9.17, 15) is 4.79 Å². The zero-order valence-corrected chi connectivity index (χ0v) is 14.1. The van der Waals surface area contributed by atoms with Gasteiger partial charge in [-0.2, -0.15) is 0 Å². The monoisotopic (exact) mass is 396 g/mol. The Balaban J connectivity index is 1.97. The first-order valence-electron chi connectivity index (χ1n) is 6.32. The molecule has 0 unspecified atom stereocenters. The minimum atomic E-state index is -0.435. The third-order valence-electron chi connectivity index (χ3n) is 3.96. The number of rotatable bonds is 2. The van der Waals surface area contributed by atoms with E-state index in [2.05, 4.69) is 37.2 Å². The molecular weight excluding hydrogens is 384 g/mol. The van der Waals surface area contributed by atoms with Crippen LogP contribution in [0, 0.1) is 5.41 Å². The number of alkyl halides is 2. The van der Waals surface area contributed by atoms with Crippen LogP contribution in [-0.4, -0.2) is 9.14 Å². The highest BCUT2D eigenvalue weighted by Gasteiger charge is 2.66. The van der Waals surface area contributed by atoms with Crippen LogP contribution in [0.5, 0.6) is 0 Å². The Morgan fingerprint density at radius 1 is 1.20 bits per heavy atom. The second-order valence-corrected chi connectivity index (χ2v) is 9.19. The number of halogens is 2. The molecular formula is C15H14Br2N2O. The summed E-state index contributed by atoms with van der Waals surface area (Å²) in [7, 11) is 0. The number of nitrogens with two attached hydrogens (primary N) is 1. The van der Waals surface area contributed by atoms with Gasteiger partial charge in [-0.05, 0) is 25.5 Å². The second kappa shape index (κ2) is 4.46. The number of hydrogen-bond acceptors (Lipinski definition) is 2. The first-order chi connectivity index (χ1) is 9.35. The van der Waals surface area contributed by atoms with E-state index in [-0.39, 0.29) is 9.14 Å². The molecule has 0 saturated heterocycles. The number of benzene rings is 2. The van der Waals surface area contributed by atoms with Crippen molar-refractivity contribution < 1.29 is 4.79 Å². The summed E-state index contributed by atoms with van der Waals surface area (Å²) in [6.07, 6.45) is 0.763. The average molecular weight is 398 g/mol. The van der Waals surface area contributed by atoms with Gasteiger partial charge in [-0.15, -0.1) is 0 Å². The molecule has 3 nitrogen and oxygen atoms in total. The lowest BCUT2D eigenvalue weighted by Gasteiger charge is -2.15. The second-order valence-electron chi connectivity index (χ2n) is 5.42. The van der Waals surface area contributed by atoms with Gasteiger partial charge in [0.25, 0.3) is 0 Å². The molecule has 1 saturated carbocycles. The van der Waals surface area contributed by atoms with Crippen molar-refractivity contribution in [1.29, 1.82) is 0 Å². The molecule has 1 aliphatic rings. The van der Waals surface area contributed by atoms with Crippen LogP contribution < -0.4 is 11.1 Å². The van der Waals surface area contributed by atoms with Crippen molar-refractivity contribution in [2.24, 2.45) is 5.41 Å². The van der Waals surface area contributed by atoms with Crippen LogP contribution in [0.2, 0.25) is 0 Å². The summed E-state index contributed by atoms with van der Waals surface area (Å²) in [5.74, 6) is 0.00109. The molecule has 1 amide bonds. The van der Waals surface area contributed by atoms with Gasteiger partial charge >= 0.3 is 0 Å². The number of amides is 1. The minimum Gasteiger partial charge on any atom is -0.398 e. The maximum atomic E-state index is 12.4. The third-order valence-corrected chi connectivity index (χ3v) is 6.27. The highest BCUT2D eigenvalue weighted by molar-refractivity contribution is 9.25. The molecule has 20 heavy (non-hydrogen) atoms. The fraction of sp³-hybridized carbons (Fsp3) is 0.267. The Morgan fingerprint density at radius 3 is 2.45 bits per heavy atom. The van der Waals surface area contributed by atoms with E-state index in [1.54, 1.807) is 0 Å². The SMILES string of the molecule is C[C@]1(C(=O)Nc2cccc3c(N)cccc23)CC1(Br)Br. The molecule has 104 valence electrons. The van der Waals surface area contributed by atoms with Crippen LogP contribution in [-0.2, 0) is 4.79 Å². The number of nitrogens with one attached hydrogen (secondary N) is 1. The van der Waals surface area contributed by atoms with Crippen LogP contribution in [0.15, 0.2) is 36.4 Å². The molecule has 0 heterocycles. The van der Waals surface area contributed by atoms with Crippen molar-refractivity contribution in [3.63, 3.8) is 0 Å². The molecule has 2 aromatic carbocycles. The van der Waals surface area contributed by atoms with Crippen molar-refractivity contribution in [3.8, 4) is 0 Å². The maximum absolute atomic E-state index is 12.4. The molecule has 0 aliphatic heterocycles. The predicted octanol–water partition coefficient (Wildman–Crippen LogP) is 4.26. The number of carbonyl (C=O) groups is 1. The van der Waals surface area contributed by atoms with E-state index in [1.165, 1.54) is 0 Å². The van der Waals surface area contributed by atoms with Crippen molar-refractivity contribution >= 4 is 59.9 Å². The molecule has 5 heteroatoms. The zero-order valence-electron chi connectivity index (χ0n) is 10.9. The fourth-order valence-corrected chi connectivity index (χ4v) is 3.83. The average Bonchev–Trinajstić information content (AvgIpc) is 2.91. The van der Waals surface area contributed by atoms with Gasteiger partial charge in [-0.1, -0.05) is 56.1 Å². The normalized spacial score (nSPS) is 23.6. The van der Waals surface area contributed by atoms with Gasteiger partial charge in [-0.3, -0.25) is 4.79 Å². The van der Waals surface area contributed by atoms with Gasteiger partial charge in [0.15, 0.2) is 0 Å². The summed E-state index contributed by atoms with van der Waals surface area (Å²) in [5, 5.41) is 4.93. The highest BCUT2D eigenvalue weighted by atomic mass is 79.9. The number of carbonyl (C=O) groups excluding carboxylic acids is 1. The summed E-state index contributed by atoms with van der Waals surface area (Å²) < 4.78 is -0.291. The van der Waals surface area contributed by atoms with Crippen LogP contribution in [0.4, 0.5) is 11.4 Å². The van der Waals surface area contributed by atoms with Crippen LogP contribution in [0.3, 0.4) is 0 Å². The van der Waals surface area contributed by atoms with E-state index >= 15 is 0 Å². The molecule has 3 rings (SSSR count). The number of nitrogen functional groups attached to an aromatic ring is 1. The smallest absolute Gasteiger partial charge is 0.232 e. The van der Waals surface area contributed by atoms with Gasteiger partial charge in [-0.25, -0.2) is 0 Å². The molecule has 1 aliphatic carbocycles. The lowest BCUT2D eigenvalue weighted by atomic mass is 10.1. The third kappa shape index (κ3) is 2.04. The highest BCUT2D eigenvalue weighted by Crippen LogP contribution is 2.66. The van der Waals surface area contributed by atoms with E-state index in [0.717, 1.165) is 22.9 Å². The number of hydrogen-bond donors (Lipinski definition) is 2. The Bertz CT molecular complexity index is 714. The predicted molar refractivity (Wildman–Crippen MR) is 90.3 cm³/mol. The Kier molecular flexibility index (Phi) is 3.10. The van der Waals surface area contributed by atoms with Crippen molar-refractivity contribution in [2.45, 2.75) is 16.6 Å². The van der Waals surface area contributed by atoms with Gasteiger partial charge in [0.2, 0.25) is 5.91 Å². The fourth-order valence-electron chi connectivity index (χ4n) is 2.35. The van der Waals surface area contributed by atoms with Gasteiger partial charge < -0.3 is 11.1 Å². The van der Waals surface area contributed by atoms with E-state index in [4.69, 9.17) is 5.73 Å². The quantitative estimate of drug-likeness (QED) is 0.587. The number of fused-ring (bicyclic) bond motifs is 1. The largest absolute Gasteiger partial charge is 0.398 e. The Morgan fingerprint density at radius 2 is 1.80 bits per heavy atom. The van der Waals surface area contributed by atoms with E-state index in [0.29, 0.717) is 5.69 Å². The van der Waals surface area contributed by atoms with Gasteiger partial charge in [0.05, 0.1) is 8.65 Å². The topological polar surface area (TPSA) is 55.1 Å². The summed E-state index contributed by atoms with van der Waals surface area (Å²) >= 11 is 7.04. The molecule has 3 N–H and O–H groups in total. The molecule has 0 radical (unpaired) electrons.